The molecule has 0 spiro atoms. The fourth-order valence-corrected chi connectivity index (χ4v) is 2.06. The quantitative estimate of drug-likeness (QED) is 0.770. The van der Waals surface area contributed by atoms with E-state index in [1.54, 1.807) is 0 Å². The Bertz CT molecular complexity index is 328. The first kappa shape index (κ1) is 9.97. The van der Waals surface area contributed by atoms with E-state index in [-0.39, 0.29) is 0 Å². The molecule has 2 rings (SSSR count). The van der Waals surface area contributed by atoms with Gasteiger partial charge in [-0.3, -0.25) is 0 Å². The Balaban J connectivity index is 2.19. The lowest BCUT2D eigenvalue weighted by Gasteiger charge is -2.14. The molecule has 0 radical (unpaired) electrons. The number of hydrogen-bond acceptors (Lipinski definition) is 2. The topological polar surface area (TPSA) is 30.7 Å². The Labute approximate surface area is 89.5 Å². The molecule has 0 amide bonds. The second-order valence-electron chi connectivity index (χ2n) is 4.18. The van der Waals surface area contributed by atoms with Gasteiger partial charge in [0.05, 0.1) is 0 Å². The predicted octanol–water partition coefficient (Wildman–Crippen LogP) is 2.68. The summed E-state index contributed by atoms with van der Waals surface area (Å²) in [6.07, 6.45) is 4.77. The summed E-state index contributed by atoms with van der Waals surface area (Å²) in [7, 11) is 0. The van der Waals surface area contributed by atoms with Crippen LogP contribution < -0.4 is 0 Å². The number of rotatable bonds is 4. The molecule has 1 aromatic rings. The van der Waals surface area contributed by atoms with Crippen LogP contribution in [0.15, 0.2) is 0 Å². The highest BCUT2D eigenvalue weighted by molar-refractivity contribution is 6.28. The number of hydrogen-bond donors (Lipinski definition) is 0. The summed E-state index contributed by atoms with van der Waals surface area (Å²) in [5.41, 5.74) is 0.496. The zero-order valence-corrected chi connectivity index (χ0v) is 9.51. The van der Waals surface area contributed by atoms with Gasteiger partial charge in [-0.15, -0.1) is 10.2 Å². The molecule has 0 saturated heterocycles. The van der Waals surface area contributed by atoms with E-state index in [9.17, 15) is 0 Å². The van der Waals surface area contributed by atoms with E-state index in [0.717, 1.165) is 18.8 Å². The minimum Gasteiger partial charge on any atom is -0.301 e. The van der Waals surface area contributed by atoms with Crippen LogP contribution in [0.25, 0.3) is 0 Å². The van der Waals surface area contributed by atoms with Crippen LogP contribution in [-0.4, -0.2) is 14.8 Å². The zero-order valence-electron chi connectivity index (χ0n) is 8.76. The van der Waals surface area contributed by atoms with Crippen molar-refractivity contribution in [3.8, 4) is 0 Å². The molecule has 78 valence electrons. The van der Waals surface area contributed by atoms with Gasteiger partial charge in [0.15, 0.2) is 0 Å². The van der Waals surface area contributed by atoms with E-state index in [1.165, 1.54) is 19.3 Å². The molecular formula is C10H16ClN3. The highest BCUT2D eigenvalue weighted by Crippen LogP contribution is 2.50. The molecule has 1 aliphatic rings. The molecule has 4 heteroatoms. The van der Waals surface area contributed by atoms with Crippen LogP contribution >= 0.6 is 11.6 Å². The molecule has 0 aromatic carbocycles. The zero-order chi connectivity index (χ0) is 10.2. The third-order valence-electron chi connectivity index (χ3n) is 3.30. The van der Waals surface area contributed by atoms with E-state index in [2.05, 4.69) is 28.6 Å². The van der Waals surface area contributed by atoms with Gasteiger partial charge in [0, 0.05) is 13.0 Å². The van der Waals surface area contributed by atoms with Crippen molar-refractivity contribution in [3.63, 3.8) is 0 Å². The molecule has 1 saturated carbocycles. The lowest BCUT2D eigenvalue weighted by Crippen LogP contribution is -2.13. The van der Waals surface area contributed by atoms with Gasteiger partial charge < -0.3 is 4.57 Å². The van der Waals surface area contributed by atoms with E-state index < -0.39 is 0 Å². The van der Waals surface area contributed by atoms with Crippen LogP contribution in [0.4, 0.5) is 0 Å². The van der Waals surface area contributed by atoms with Crippen molar-refractivity contribution in [1.82, 2.24) is 14.8 Å². The normalized spacial score (nSPS) is 18.5. The van der Waals surface area contributed by atoms with Gasteiger partial charge in [-0.2, -0.15) is 0 Å². The molecular weight excluding hydrogens is 198 g/mol. The summed E-state index contributed by atoms with van der Waals surface area (Å²) in [6.45, 7) is 5.33. The minimum atomic E-state index is 0.496. The summed E-state index contributed by atoms with van der Waals surface area (Å²) >= 11 is 6.00. The molecule has 0 aliphatic heterocycles. The lowest BCUT2D eigenvalue weighted by molar-refractivity contribution is 0.401. The van der Waals surface area contributed by atoms with Crippen LogP contribution in [0, 0.1) is 5.41 Å². The average molecular weight is 214 g/mol. The molecule has 3 nitrogen and oxygen atoms in total. The third kappa shape index (κ3) is 1.65. The smallest absolute Gasteiger partial charge is 0.225 e. The van der Waals surface area contributed by atoms with Crippen LogP contribution in [-0.2, 0) is 13.0 Å². The Kier molecular flexibility index (Phi) is 2.52. The Morgan fingerprint density at radius 3 is 2.57 bits per heavy atom. The van der Waals surface area contributed by atoms with Gasteiger partial charge in [-0.1, -0.05) is 13.8 Å². The fraction of sp³-hybridized carbons (Fsp3) is 0.800. The summed E-state index contributed by atoms with van der Waals surface area (Å²) in [5, 5.41) is 8.52. The van der Waals surface area contributed by atoms with Crippen LogP contribution in [0.2, 0.25) is 5.28 Å². The maximum atomic E-state index is 6.00. The van der Waals surface area contributed by atoms with E-state index >= 15 is 0 Å². The number of aryl methyl sites for hydroxylation is 1. The Morgan fingerprint density at radius 1 is 1.36 bits per heavy atom. The van der Waals surface area contributed by atoms with Gasteiger partial charge >= 0.3 is 0 Å². The Hall–Kier alpha value is -0.570. The first-order valence-corrected chi connectivity index (χ1v) is 5.66. The molecule has 0 N–H and O–H groups in total. The Morgan fingerprint density at radius 2 is 2.07 bits per heavy atom. The van der Waals surface area contributed by atoms with E-state index in [1.807, 2.05) is 0 Å². The highest BCUT2D eigenvalue weighted by Gasteiger charge is 2.41. The molecule has 0 atom stereocenters. The van der Waals surface area contributed by atoms with Gasteiger partial charge in [0.1, 0.15) is 5.82 Å². The van der Waals surface area contributed by atoms with Gasteiger partial charge in [-0.25, -0.2) is 0 Å². The summed E-state index contributed by atoms with van der Waals surface area (Å²) < 4.78 is 2.07. The second-order valence-corrected chi connectivity index (χ2v) is 4.52. The third-order valence-corrected chi connectivity index (χ3v) is 3.58. The van der Waals surface area contributed by atoms with Gasteiger partial charge in [0.2, 0.25) is 5.28 Å². The minimum absolute atomic E-state index is 0.496. The summed E-state index contributed by atoms with van der Waals surface area (Å²) in [6, 6.07) is 0. The number of halogens is 1. The van der Waals surface area contributed by atoms with Crippen molar-refractivity contribution in [1.29, 1.82) is 0 Å². The highest BCUT2D eigenvalue weighted by atomic mass is 35.5. The molecule has 0 bridgehead atoms. The number of nitrogens with zero attached hydrogens (tertiary/aromatic N) is 3. The number of aromatic nitrogens is 3. The molecule has 14 heavy (non-hydrogen) atoms. The van der Waals surface area contributed by atoms with Crippen molar-refractivity contribution in [2.45, 2.75) is 46.1 Å². The first-order chi connectivity index (χ1) is 6.71. The monoisotopic (exact) mass is 213 g/mol. The predicted molar refractivity (Wildman–Crippen MR) is 56.4 cm³/mol. The van der Waals surface area contributed by atoms with Crippen molar-refractivity contribution < 1.29 is 0 Å². The first-order valence-electron chi connectivity index (χ1n) is 5.28. The summed E-state index contributed by atoms with van der Waals surface area (Å²) in [5.74, 6) is 1.01. The average Bonchev–Trinajstić information content (AvgIpc) is 2.89. The van der Waals surface area contributed by atoms with Crippen molar-refractivity contribution in [2.24, 2.45) is 5.41 Å². The lowest BCUT2D eigenvalue weighted by atomic mass is 10.0. The van der Waals surface area contributed by atoms with Gasteiger partial charge in [-0.05, 0) is 36.3 Å². The SMILES string of the molecule is CCc1nnc(Cl)n1CC1(CC)CC1. The van der Waals surface area contributed by atoms with Crippen LogP contribution in [0.1, 0.15) is 38.9 Å². The second kappa shape index (κ2) is 3.54. The van der Waals surface area contributed by atoms with Crippen LogP contribution in [0.3, 0.4) is 0 Å². The fourth-order valence-electron chi connectivity index (χ4n) is 1.87. The van der Waals surface area contributed by atoms with Gasteiger partial charge in [0.25, 0.3) is 0 Å². The summed E-state index contributed by atoms with van der Waals surface area (Å²) in [4.78, 5) is 0. The molecule has 1 heterocycles. The maximum Gasteiger partial charge on any atom is 0.225 e. The van der Waals surface area contributed by atoms with E-state index in [4.69, 9.17) is 11.6 Å². The van der Waals surface area contributed by atoms with Crippen molar-refractivity contribution in [3.05, 3.63) is 11.1 Å². The molecule has 1 aliphatic carbocycles. The van der Waals surface area contributed by atoms with E-state index in [0.29, 0.717) is 10.7 Å². The molecule has 0 unspecified atom stereocenters. The van der Waals surface area contributed by atoms with Crippen molar-refractivity contribution >= 4 is 11.6 Å². The molecule has 1 aromatic heterocycles. The standard InChI is InChI=1S/C10H16ClN3/c1-3-8-12-13-9(11)14(8)7-10(4-2)5-6-10/h3-7H2,1-2H3. The van der Waals surface area contributed by atoms with Crippen molar-refractivity contribution in [2.75, 3.05) is 0 Å². The van der Waals surface area contributed by atoms with Crippen LogP contribution in [0.5, 0.6) is 0 Å². The largest absolute Gasteiger partial charge is 0.301 e. The maximum absolute atomic E-state index is 6.00. The molecule has 1 fully saturated rings.